The molecule has 37 heavy (non-hydrogen) atoms. The number of methoxy groups -OCH3 is 1. The summed E-state index contributed by atoms with van der Waals surface area (Å²) in [6.07, 6.45) is 5.99. The Labute approximate surface area is 218 Å². The lowest BCUT2D eigenvalue weighted by Crippen LogP contribution is -2.46. The lowest BCUT2D eigenvalue weighted by molar-refractivity contribution is -0.147. The fraction of sp³-hybridized carbons (Fsp3) is 0.467. The van der Waals surface area contributed by atoms with E-state index in [1.807, 2.05) is 31.2 Å². The van der Waals surface area contributed by atoms with E-state index < -0.39 is 24.0 Å². The first-order chi connectivity index (χ1) is 17.9. The molecule has 0 bridgehead atoms. The highest BCUT2D eigenvalue weighted by atomic mass is 16.5. The Balaban J connectivity index is 1.61. The van der Waals surface area contributed by atoms with E-state index in [-0.39, 0.29) is 18.2 Å². The second-order valence-electron chi connectivity index (χ2n) is 10.3. The van der Waals surface area contributed by atoms with Gasteiger partial charge in [0, 0.05) is 13.0 Å². The van der Waals surface area contributed by atoms with Gasteiger partial charge in [-0.05, 0) is 48.9 Å². The van der Waals surface area contributed by atoms with Gasteiger partial charge in [-0.1, -0.05) is 67.6 Å². The second-order valence-corrected chi connectivity index (χ2v) is 10.3. The second kappa shape index (κ2) is 12.1. The third-order valence-electron chi connectivity index (χ3n) is 7.80. The van der Waals surface area contributed by atoms with E-state index in [1.165, 1.54) is 20.0 Å². The molecule has 1 heterocycles. The van der Waals surface area contributed by atoms with E-state index in [9.17, 15) is 19.6 Å². The first kappa shape index (κ1) is 26.4. The molecule has 2 aliphatic rings. The Kier molecular flexibility index (Phi) is 8.60. The Morgan fingerprint density at radius 2 is 1.73 bits per heavy atom. The van der Waals surface area contributed by atoms with E-state index in [0.717, 1.165) is 36.0 Å². The van der Waals surface area contributed by atoms with Crippen molar-refractivity contribution in [2.75, 3.05) is 7.11 Å². The zero-order chi connectivity index (χ0) is 26.4. The predicted molar refractivity (Wildman–Crippen MR) is 139 cm³/mol. The molecule has 7 nitrogen and oxygen atoms in total. The molecule has 1 saturated heterocycles. The van der Waals surface area contributed by atoms with Crippen LogP contribution in [0.5, 0.6) is 0 Å². The number of nitriles is 1. The maximum Gasteiger partial charge on any atom is 0.311 e. The van der Waals surface area contributed by atoms with Crippen molar-refractivity contribution in [3.63, 3.8) is 0 Å². The fourth-order valence-electron chi connectivity index (χ4n) is 5.73. The smallest absolute Gasteiger partial charge is 0.311 e. The molecule has 3 unspecified atom stereocenters. The molecule has 4 rings (SSSR count). The monoisotopic (exact) mass is 501 g/mol. The number of aryl methyl sites for hydroxylation is 1. The van der Waals surface area contributed by atoms with Crippen LogP contribution in [0.4, 0.5) is 0 Å². The highest BCUT2D eigenvalue weighted by molar-refractivity contribution is 5.90. The van der Waals surface area contributed by atoms with Gasteiger partial charge in [0.25, 0.3) is 0 Å². The first-order valence-electron chi connectivity index (χ1n) is 13.1. The molecule has 0 aromatic heterocycles. The number of hydrogen-bond acceptors (Lipinski definition) is 5. The molecular formula is C30H35N3O4. The molecule has 0 radical (unpaired) electrons. The fourth-order valence-corrected chi connectivity index (χ4v) is 5.73. The highest BCUT2D eigenvalue weighted by Crippen LogP contribution is 2.43. The van der Waals surface area contributed by atoms with Gasteiger partial charge in [0.1, 0.15) is 6.04 Å². The number of esters is 1. The van der Waals surface area contributed by atoms with Gasteiger partial charge in [-0.15, -0.1) is 0 Å². The number of hydrogen-bond donors (Lipinski definition) is 1. The zero-order valence-corrected chi connectivity index (χ0v) is 21.6. The first-order valence-corrected chi connectivity index (χ1v) is 13.1. The van der Waals surface area contributed by atoms with Gasteiger partial charge in [0.15, 0.2) is 0 Å². The maximum atomic E-state index is 13.7. The van der Waals surface area contributed by atoms with Gasteiger partial charge in [-0.3, -0.25) is 14.4 Å². The number of amides is 2. The van der Waals surface area contributed by atoms with Crippen molar-refractivity contribution < 1.29 is 19.1 Å². The number of ether oxygens (including phenoxy) is 1. The van der Waals surface area contributed by atoms with Crippen LogP contribution in [0.15, 0.2) is 48.5 Å². The summed E-state index contributed by atoms with van der Waals surface area (Å²) in [4.78, 5) is 41.7. The molecule has 1 aliphatic heterocycles. The Morgan fingerprint density at radius 1 is 1.05 bits per heavy atom. The Bertz CT molecular complexity index is 1150. The summed E-state index contributed by atoms with van der Waals surface area (Å²) in [6, 6.07) is 15.5. The molecule has 194 valence electrons. The van der Waals surface area contributed by atoms with Crippen molar-refractivity contribution >= 4 is 17.8 Å². The van der Waals surface area contributed by atoms with E-state index in [4.69, 9.17) is 4.74 Å². The van der Waals surface area contributed by atoms with E-state index >= 15 is 0 Å². The molecule has 2 amide bonds. The number of benzene rings is 2. The number of rotatable bonds is 8. The molecule has 2 fully saturated rings. The van der Waals surface area contributed by atoms with Crippen molar-refractivity contribution in [2.24, 2.45) is 11.8 Å². The molecule has 0 spiro atoms. The average Bonchev–Trinajstić information content (AvgIpc) is 3.59. The summed E-state index contributed by atoms with van der Waals surface area (Å²) in [6.45, 7) is 2.34. The number of carbonyl (C=O) groups excluding carboxylic acids is 3. The predicted octanol–water partition coefficient (Wildman–Crippen LogP) is 4.58. The molecule has 2 aromatic carbocycles. The van der Waals surface area contributed by atoms with Crippen molar-refractivity contribution in [1.29, 1.82) is 5.26 Å². The van der Waals surface area contributed by atoms with Crippen LogP contribution in [-0.2, 0) is 25.7 Å². The third-order valence-corrected chi connectivity index (χ3v) is 7.80. The molecular weight excluding hydrogens is 466 g/mol. The summed E-state index contributed by atoms with van der Waals surface area (Å²) < 4.78 is 5.11. The molecule has 2 aromatic rings. The number of carbonyl (C=O) groups is 3. The Hall–Kier alpha value is -3.66. The van der Waals surface area contributed by atoms with Gasteiger partial charge in [0.2, 0.25) is 11.8 Å². The van der Waals surface area contributed by atoms with Gasteiger partial charge in [-0.2, -0.15) is 5.26 Å². The largest absolute Gasteiger partial charge is 0.469 e. The molecule has 1 N–H and O–H groups in total. The van der Waals surface area contributed by atoms with Crippen LogP contribution in [0.1, 0.15) is 73.2 Å². The lowest BCUT2D eigenvalue weighted by Gasteiger charge is -2.31. The van der Waals surface area contributed by atoms with Gasteiger partial charge < -0.3 is 15.0 Å². The summed E-state index contributed by atoms with van der Waals surface area (Å²) in [5, 5.41) is 12.2. The van der Waals surface area contributed by atoms with Crippen LogP contribution in [-0.4, -0.2) is 35.8 Å². The maximum absolute atomic E-state index is 13.7. The number of nitrogens with one attached hydrogen (secondary N) is 1. The van der Waals surface area contributed by atoms with Crippen molar-refractivity contribution in [1.82, 2.24) is 10.2 Å². The van der Waals surface area contributed by atoms with Gasteiger partial charge in [-0.25, -0.2) is 0 Å². The van der Waals surface area contributed by atoms with Crippen LogP contribution in [0.2, 0.25) is 0 Å². The van der Waals surface area contributed by atoms with Crippen molar-refractivity contribution in [3.8, 4) is 6.07 Å². The number of likely N-dealkylation sites (tertiary alicyclic amines) is 1. The van der Waals surface area contributed by atoms with Crippen molar-refractivity contribution in [3.05, 3.63) is 70.8 Å². The minimum absolute atomic E-state index is 0.122. The van der Waals surface area contributed by atoms with Crippen LogP contribution < -0.4 is 5.32 Å². The highest BCUT2D eigenvalue weighted by Gasteiger charge is 2.50. The molecule has 7 heteroatoms. The van der Waals surface area contributed by atoms with E-state index in [0.29, 0.717) is 24.4 Å². The SMILES string of the molecule is COC(=O)C1CC(C(=O)NCc2ccc(C)cc2)N(C(=O)CCC2CCCC2)C1c1ccc(C#N)cc1. The van der Waals surface area contributed by atoms with Crippen molar-refractivity contribution in [2.45, 2.75) is 70.5 Å². The normalized spacial score (nSPS) is 21.4. The molecule has 1 saturated carbocycles. The van der Waals surface area contributed by atoms with Gasteiger partial charge in [0.05, 0.1) is 30.7 Å². The number of nitrogens with zero attached hydrogens (tertiary/aromatic N) is 2. The summed E-state index contributed by atoms with van der Waals surface area (Å²) in [7, 11) is 1.33. The van der Waals surface area contributed by atoms with Gasteiger partial charge >= 0.3 is 5.97 Å². The summed E-state index contributed by atoms with van der Waals surface area (Å²) >= 11 is 0. The van der Waals surface area contributed by atoms with E-state index in [2.05, 4.69) is 11.4 Å². The standard InChI is InChI=1S/C30H35N3O4/c1-20-7-9-23(10-8-20)19-32-29(35)26-17-25(30(36)37-2)28(24-14-11-22(18-31)12-15-24)33(26)27(34)16-13-21-5-3-4-6-21/h7-12,14-15,21,25-26,28H,3-6,13,16-17,19H2,1-2H3,(H,32,35). The quantitative estimate of drug-likeness (QED) is 0.534. The van der Waals surface area contributed by atoms with Crippen LogP contribution in [0, 0.1) is 30.1 Å². The zero-order valence-electron chi connectivity index (χ0n) is 21.6. The average molecular weight is 502 g/mol. The minimum atomic E-state index is -0.786. The Morgan fingerprint density at radius 3 is 2.35 bits per heavy atom. The van der Waals surface area contributed by atoms with E-state index in [1.54, 1.807) is 29.2 Å². The minimum Gasteiger partial charge on any atom is -0.469 e. The topological polar surface area (TPSA) is 99.5 Å². The van der Waals surface area contributed by atoms with Crippen LogP contribution >= 0.6 is 0 Å². The lowest BCUT2D eigenvalue weighted by atomic mass is 9.92. The molecule has 1 aliphatic carbocycles. The van der Waals surface area contributed by atoms with Crippen LogP contribution in [0.25, 0.3) is 0 Å². The molecule has 3 atom stereocenters. The summed E-state index contributed by atoms with van der Waals surface area (Å²) in [5.41, 5.74) is 3.31. The van der Waals surface area contributed by atoms with Crippen LogP contribution in [0.3, 0.4) is 0 Å². The summed E-state index contributed by atoms with van der Waals surface area (Å²) in [5.74, 6) is -0.992. The third kappa shape index (κ3) is 6.19.